The van der Waals surface area contributed by atoms with Crippen molar-refractivity contribution in [2.24, 2.45) is 5.92 Å². The van der Waals surface area contributed by atoms with E-state index in [9.17, 15) is 18.4 Å². The Morgan fingerprint density at radius 2 is 2.00 bits per heavy atom. The zero-order valence-electron chi connectivity index (χ0n) is 14.9. The standard InChI is InChI=1S/C18H19F2N3O4/c1-10(16-21-11(2)22-27-16)26-18(25)12-5-7-23(8-6-12)17(24)14-4-3-13(19)9-15(14)20/h3-4,9-10,12H,5-8H2,1-2H3. The molecule has 2 aromatic rings. The van der Waals surface area contributed by atoms with Gasteiger partial charge in [-0.15, -0.1) is 0 Å². The van der Waals surface area contributed by atoms with Gasteiger partial charge in [-0.1, -0.05) is 5.16 Å². The molecule has 1 aliphatic heterocycles. The van der Waals surface area contributed by atoms with Crippen LogP contribution in [0.2, 0.25) is 0 Å². The normalized spacial score (nSPS) is 16.2. The summed E-state index contributed by atoms with van der Waals surface area (Å²) in [6, 6.07) is 2.85. The third-order valence-electron chi connectivity index (χ3n) is 4.46. The molecular weight excluding hydrogens is 360 g/mol. The maximum absolute atomic E-state index is 13.8. The van der Waals surface area contributed by atoms with Crippen molar-refractivity contribution < 1.29 is 27.6 Å². The van der Waals surface area contributed by atoms with Gasteiger partial charge in [0.25, 0.3) is 11.8 Å². The highest BCUT2D eigenvalue weighted by molar-refractivity contribution is 5.94. The molecule has 27 heavy (non-hydrogen) atoms. The lowest BCUT2D eigenvalue weighted by molar-refractivity contribution is -0.156. The van der Waals surface area contributed by atoms with Gasteiger partial charge in [0.15, 0.2) is 11.9 Å². The van der Waals surface area contributed by atoms with Gasteiger partial charge in [0.05, 0.1) is 11.5 Å². The molecule has 0 radical (unpaired) electrons. The first-order valence-electron chi connectivity index (χ1n) is 8.60. The number of halogens is 2. The summed E-state index contributed by atoms with van der Waals surface area (Å²) < 4.78 is 37.1. The molecule has 1 aliphatic rings. The molecule has 0 N–H and O–H groups in total. The number of hydrogen-bond donors (Lipinski definition) is 0. The average Bonchev–Trinajstić information content (AvgIpc) is 3.08. The number of benzene rings is 1. The molecule has 0 saturated carbocycles. The number of amides is 1. The van der Waals surface area contributed by atoms with E-state index in [0.29, 0.717) is 24.7 Å². The van der Waals surface area contributed by atoms with Gasteiger partial charge in [-0.2, -0.15) is 4.98 Å². The first kappa shape index (κ1) is 18.9. The summed E-state index contributed by atoms with van der Waals surface area (Å²) in [6.07, 6.45) is 0.123. The quantitative estimate of drug-likeness (QED) is 0.760. The van der Waals surface area contributed by atoms with Gasteiger partial charge < -0.3 is 14.2 Å². The first-order valence-corrected chi connectivity index (χ1v) is 8.60. The Kier molecular flexibility index (Phi) is 5.48. The summed E-state index contributed by atoms with van der Waals surface area (Å²) in [4.78, 5) is 30.2. The molecule has 1 aromatic carbocycles. The molecule has 1 saturated heterocycles. The Labute approximate surface area is 154 Å². The fourth-order valence-electron chi connectivity index (χ4n) is 2.95. The zero-order valence-corrected chi connectivity index (χ0v) is 14.9. The lowest BCUT2D eigenvalue weighted by Crippen LogP contribution is -2.41. The van der Waals surface area contributed by atoms with Crippen LogP contribution < -0.4 is 0 Å². The van der Waals surface area contributed by atoms with Crippen LogP contribution in [0.15, 0.2) is 22.7 Å². The summed E-state index contributed by atoms with van der Waals surface area (Å²) in [5.74, 6) is -2.26. The fourth-order valence-corrected chi connectivity index (χ4v) is 2.95. The predicted octanol–water partition coefficient (Wildman–Crippen LogP) is 2.81. The summed E-state index contributed by atoms with van der Waals surface area (Å²) >= 11 is 0. The molecule has 1 unspecified atom stereocenters. The van der Waals surface area contributed by atoms with E-state index in [0.717, 1.165) is 12.1 Å². The molecule has 7 nitrogen and oxygen atoms in total. The SMILES string of the molecule is Cc1noc(C(C)OC(=O)C2CCN(C(=O)c3ccc(F)cc3F)CC2)n1. The number of hydrogen-bond acceptors (Lipinski definition) is 6. The predicted molar refractivity (Wildman–Crippen MR) is 88.5 cm³/mol. The average molecular weight is 379 g/mol. The third-order valence-corrected chi connectivity index (χ3v) is 4.46. The second kappa shape index (κ2) is 7.81. The molecule has 2 heterocycles. The highest BCUT2D eigenvalue weighted by Gasteiger charge is 2.31. The summed E-state index contributed by atoms with van der Waals surface area (Å²) in [7, 11) is 0. The maximum atomic E-state index is 13.8. The van der Waals surface area contributed by atoms with Crippen LogP contribution >= 0.6 is 0 Å². The first-order chi connectivity index (χ1) is 12.8. The van der Waals surface area contributed by atoms with E-state index in [1.807, 2.05) is 0 Å². The van der Waals surface area contributed by atoms with E-state index in [4.69, 9.17) is 9.26 Å². The fraction of sp³-hybridized carbons (Fsp3) is 0.444. The van der Waals surface area contributed by atoms with E-state index in [-0.39, 0.29) is 30.5 Å². The highest BCUT2D eigenvalue weighted by Crippen LogP contribution is 2.24. The lowest BCUT2D eigenvalue weighted by Gasteiger charge is -2.31. The van der Waals surface area contributed by atoms with Crippen LogP contribution in [-0.2, 0) is 9.53 Å². The van der Waals surface area contributed by atoms with E-state index < -0.39 is 29.6 Å². The molecule has 1 fully saturated rings. The van der Waals surface area contributed by atoms with Gasteiger partial charge in [0.1, 0.15) is 11.6 Å². The molecule has 1 amide bonds. The van der Waals surface area contributed by atoms with Gasteiger partial charge in [-0.05, 0) is 38.8 Å². The van der Waals surface area contributed by atoms with E-state index >= 15 is 0 Å². The van der Waals surface area contributed by atoms with Gasteiger partial charge >= 0.3 is 5.97 Å². The van der Waals surface area contributed by atoms with Gasteiger partial charge in [0.2, 0.25) is 0 Å². The van der Waals surface area contributed by atoms with Crippen molar-refractivity contribution in [3.05, 3.63) is 47.1 Å². The molecule has 0 aliphatic carbocycles. The van der Waals surface area contributed by atoms with Crippen molar-refractivity contribution in [3.8, 4) is 0 Å². The number of carbonyl (C=O) groups is 2. The van der Waals surface area contributed by atoms with Crippen LogP contribution in [0.25, 0.3) is 0 Å². The molecule has 9 heteroatoms. The van der Waals surface area contributed by atoms with E-state index in [1.165, 1.54) is 4.90 Å². The van der Waals surface area contributed by atoms with Crippen LogP contribution in [0.3, 0.4) is 0 Å². The number of nitrogens with zero attached hydrogens (tertiary/aromatic N) is 3. The van der Waals surface area contributed by atoms with Crippen molar-refractivity contribution in [1.29, 1.82) is 0 Å². The largest absolute Gasteiger partial charge is 0.452 e. The second-order valence-electron chi connectivity index (χ2n) is 6.45. The summed E-state index contributed by atoms with van der Waals surface area (Å²) in [6.45, 7) is 3.87. The minimum atomic E-state index is -0.898. The van der Waals surface area contributed by atoms with Crippen molar-refractivity contribution in [2.45, 2.75) is 32.8 Å². The molecule has 1 aromatic heterocycles. The van der Waals surface area contributed by atoms with E-state index in [2.05, 4.69) is 10.1 Å². The van der Waals surface area contributed by atoms with Crippen LogP contribution in [-0.4, -0.2) is 40.0 Å². The zero-order chi connectivity index (χ0) is 19.6. The van der Waals surface area contributed by atoms with Crippen molar-refractivity contribution in [1.82, 2.24) is 15.0 Å². The number of rotatable bonds is 4. The maximum Gasteiger partial charge on any atom is 0.309 e. The minimum Gasteiger partial charge on any atom is -0.452 e. The summed E-state index contributed by atoms with van der Waals surface area (Å²) in [5, 5.41) is 3.65. The Morgan fingerprint density at radius 1 is 1.30 bits per heavy atom. The van der Waals surface area contributed by atoms with Crippen LogP contribution in [0.5, 0.6) is 0 Å². The number of piperidine rings is 1. The monoisotopic (exact) mass is 379 g/mol. The number of aromatic nitrogens is 2. The molecule has 0 bridgehead atoms. The molecule has 1 atom stereocenters. The number of carbonyl (C=O) groups excluding carboxylic acids is 2. The Morgan fingerprint density at radius 3 is 2.59 bits per heavy atom. The van der Waals surface area contributed by atoms with Crippen LogP contribution in [0.1, 0.15) is 47.9 Å². The Bertz CT molecular complexity index is 847. The van der Waals surface area contributed by atoms with Crippen LogP contribution in [0, 0.1) is 24.5 Å². The highest BCUT2D eigenvalue weighted by atomic mass is 19.1. The van der Waals surface area contributed by atoms with Crippen molar-refractivity contribution in [2.75, 3.05) is 13.1 Å². The molecular formula is C18H19F2N3O4. The molecule has 3 rings (SSSR count). The Balaban J connectivity index is 1.55. The lowest BCUT2D eigenvalue weighted by atomic mass is 9.96. The number of ether oxygens (including phenoxy) is 1. The van der Waals surface area contributed by atoms with Gasteiger partial charge in [-0.25, -0.2) is 8.78 Å². The number of likely N-dealkylation sites (tertiary alicyclic amines) is 1. The topological polar surface area (TPSA) is 85.5 Å². The molecule has 0 spiro atoms. The van der Waals surface area contributed by atoms with Crippen molar-refractivity contribution >= 4 is 11.9 Å². The number of esters is 1. The summed E-state index contributed by atoms with van der Waals surface area (Å²) in [5.41, 5.74) is -0.183. The van der Waals surface area contributed by atoms with Gasteiger partial charge in [0, 0.05) is 19.2 Å². The smallest absolute Gasteiger partial charge is 0.309 e. The van der Waals surface area contributed by atoms with Crippen LogP contribution in [0.4, 0.5) is 8.78 Å². The third kappa shape index (κ3) is 4.29. The Hall–Kier alpha value is -2.84. The molecule has 144 valence electrons. The number of aryl methyl sites for hydroxylation is 1. The van der Waals surface area contributed by atoms with Crippen molar-refractivity contribution in [3.63, 3.8) is 0 Å². The van der Waals surface area contributed by atoms with Gasteiger partial charge in [-0.3, -0.25) is 9.59 Å². The van der Waals surface area contributed by atoms with E-state index in [1.54, 1.807) is 13.8 Å². The second-order valence-corrected chi connectivity index (χ2v) is 6.45. The minimum absolute atomic E-state index is 0.183.